The summed E-state index contributed by atoms with van der Waals surface area (Å²) in [6, 6.07) is 5.54. The molecule has 0 spiro atoms. The van der Waals surface area contributed by atoms with Gasteiger partial charge in [-0.25, -0.2) is 0 Å². The van der Waals surface area contributed by atoms with Crippen molar-refractivity contribution >= 4 is 50.3 Å². The lowest BCUT2D eigenvalue weighted by Crippen LogP contribution is -2.26. The molecule has 0 saturated heterocycles. The molecule has 0 radical (unpaired) electrons. The summed E-state index contributed by atoms with van der Waals surface area (Å²) in [4.78, 5) is 22.3. The van der Waals surface area contributed by atoms with Crippen LogP contribution in [-0.2, 0) is 4.79 Å². The van der Waals surface area contributed by atoms with Gasteiger partial charge in [0.25, 0.3) is 5.91 Å². The molecule has 0 unspecified atom stereocenters. The number of rotatable bonds is 5. The lowest BCUT2D eigenvalue weighted by atomic mass is 10.2. The topological polar surface area (TPSA) is 72.2 Å². The molecule has 1 aromatic carbocycles. The molecule has 0 saturated carbocycles. The molecule has 92 valence electrons. The molecule has 0 atom stereocenters. The first-order valence-electron chi connectivity index (χ1n) is 5.02. The van der Waals surface area contributed by atoms with E-state index in [9.17, 15) is 9.59 Å². The first-order chi connectivity index (χ1) is 8.00. The summed E-state index contributed by atoms with van der Waals surface area (Å²) in [6.45, 7) is 0.444. The van der Waals surface area contributed by atoms with Gasteiger partial charge >= 0.3 is 0 Å². The molecule has 0 aliphatic rings. The molecule has 0 heterocycles. The van der Waals surface area contributed by atoms with Crippen LogP contribution in [0.2, 0.25) is 0 Å². The fourth-order valence-corrected chi connectivity index (χ4v) is 2.15. The molecular formula is C11H12BrIN2O2. The van der Waals surface area contributed by atoms with Crippen LogP contribution in [-0.4, -0.2) is 18.4 Å². The van der Waals surface area contributed by atoms with E-state index in [1.54, 1.807) is 6.07 Å². The van der Waals surface area contributed by atoms with Gasteiger partial charge in [0, 0.05) is 21.0 Å². The van der Waals surface area contributed by atoms with Crippen LogP contribution >= 0.6 is 38.5 Å². The van der Waals surface area contributed by atoms with Crippen LogP contribution in [0.5, 0.6) is 0 Å². The van der Waals surface area contributed by atoms with Crippen LogP contribution in [0, 0.1) is 3.57 Å². The van der Waals surface area contributed by atoms with E-state index in [0.717, 1.165) is 8.04 Å². The van der Waals surface area contributed by atoms with E-state index in [0.29, 0.717) is 18.5 Å². The Kier molecular flexibility index (Phi) is 5.90. The van der Waals surface area contributed by atoms with Crippen molar-refractivity contribution in [3.8, 4) is 0 Å². The van der Waals surface area contributed by atoms with E-state index in [1.165, 1.54) is 0 Å². The van der Waals surface area contributed by atoms with Crippen molar-refractivity contribution in [2.24, 2.45) is 5.73 Å². The first kappa shape index (κ1) is 14.4. The molecule has 0 aliphatic heterocycles. The lowest BCUT2D eigenvalue weighted by molar-refractivity contribution is -0.118. The van der Waals surface area contributed by atoms with Gasteiger partial charge in [0.2, 0.25) is 5.91 Å². The van der Waals surface area contributed by atoms with Gasteiger partial charge in [0.1, 0.15) is 0 Å². The average molecular weight is 411 g/mol. The number of hydrogen-bond acceptors (Lipinski definition) is 2. The van der Waals surface area contributed by atoms with E-state index in [-0.39, 0.29) is 18.2 Å². The molecule has 3 N–H and O–H groups in total. The van der Waals surface area contributed by atoms with E-state index in [1.807, 2.05) is 12.1 Å². The maximum absolute atomic E-state index is 11.8. The quantitative estimate of drug-likeness (QED) is 0.576. The Balaban J connectivity index is 2.52. The summed E-state index contributed by atoms with van der Waals surface area (Å²) in [7, 11) is 0. The Hall–Kier alpha value is -0.630. The molecular weight excluding hydrogens is 399 g/mol. The number of halogens is 2. The largest absolute Gasteiger partial charge is 0.370 e. The highest BCUT2D eigenvalue weighted by molar-refractivity contribution is 14.1. The second-order valence-electron chi connectivity index (χ2n) is 3.45. The summed E-state index contributed by atoms with van der Waals surface area (Å²) < 4.78 is 1.75. The van der Waals surface area contributed by atoms with Gasteiger partial charge in [0.05, 0.1) is 5.56 Å². The molecule has 1 rings (SSSR count). The molecule has 17 heavy (non-hydrogen) atoms. The molecule has 1 aromatic rings. The van der Waals surface area contributed by atoms with Crippen LogP contribution in [0.4, 0.5) is 0 Å². The number of carbonyl (C=O) groups is 2. The van der Waals surface area contributed by atoms with Gasteiger partial charge in [0.15, 0.2) is 0 Å². The molecule has 6 heteroatoms. The smallest absolute Gasteiger partial charge is 0.252 e. The van der Waals surface area contributed by atoms with Crippen LogP contribution in [0.3, 0.4) is 0 Å². The standard InChI is InChI=1S/C11H12BrIN2O2/c12-9-4-3-7(13)6-8(9)11(17)15-5-1-2-10(14)16/h3-4,6H,1-2,5H2,(H2,14,16)(H,15,17). The highest BCUT2D eigenvalue weighted by Crippen LogP contribution is 2.19. The summed E-state index contributed by atoms with van der Waals surface area (Å²) in [5, 5.41) is 2.74. The minimum absolute atomic E-state index is 0.153. The third-order valence-electron chi connectivity index (χ3n) is 2.06. The SMILES string of the molecule is NC(=O)CCCNC(=O)c1cc(I)ccc1Br. The van der Waals surface area contributed by atoms with Gasteiger partial charge in [-0.3, -0.25) is 9.59 Å². The van der Waals surface area contributed by atoms with Crippen LogP contribution in [0.25, 0.3) is 0 Å². The maximum atomic E-state index is 11.8. The highest BCUT2D eigenvalue weighted by Gasteiger charge is 2.09. The van der Waals surface area contributed by atoms with Gasteiger partial charge in [-0.2, -0.15) is 0 Å². The van der Waals surface area contributed by atoms with Gasteiger partial charge in [-0.05, 0) is 63.1 Å². The maximum Gasteiger partial charge on any atom is 0.252 e. The molecule has 0 fully saturated rings. The summed E-state index contributed by atoms with van der Waals surface area (Å²) in [6.07, 6.45) is 0.844. The predicted octanol–water partition coefficient (Wildman–Crippen LogP) is 2.05. The molecule has 0 bridgehead atoms. The second kappa shape index (κ2) is 6.95. The average Bonchev–Trinajstić information content (AvgIpc) is 2.27. The van der Waals surface area contributed by atoms with E-state index in [2.05, 4.69) is 43.8 Å². The van der Waals surface area contributed by atoms with Crippen molar-refractivity contribution in [2.75, 3.05) is 6.54 Å². The Morgan fingerprint density at radius 3 is 2.76 bits per heavy atom. The summed E-state index contributed by atoms with van der Waals surface area (Å²) >= 11 is 5.47. The minimum Gasteiger partial charge on any atom is -0.370 e. The number of nitrogens with two attached hydrogens (primary N) is 1. The fraction of sp³-hybridized carbons (Fsp3) is 0.273. The first-order valence-corrected chi connectivity index (χ1v) is 6.89. The van der Waals surface area contributed by atoms with Crippen molar-refractivity contribution < 1.29 is 9.59 Å². The zero-order valence-corrected chi connectivity index (χ0v) is 12.7. The Morgan fingerprint density at radius 2 is 2.12 bits per heavy atom. The highest BCUT2D eigenvalue weighted by atomic mass is 127. The van der Waals surface area contributed by atoms with E-state index >= 15 is 0 Å². The number of benzene rings is 1. The number of nitrogens with one attached hydrogen (secondary N) is 1. The third kappa shape index (κ3) is 5.03. The van der Waals surface area contributed by atoms with Crippen LogP contribution < -0.4 is 11.1 Å². The number of amides is 2. The Labute approximate surface area is 122 Å². The Bertz CT molecular complexity index is 437. The fourth-order valence-electron chi connectivity index (χ4n) is 1.23. The van der Waals surface area contributed by atoms with Crippen molar-refractivity contribution in [2.45, 2.75) is 12.8 Å². The molecule has 0 aromatic heterocycles. The van der Waals surface area contributed by atoms with Crippen LogP contribution in [0.1, 0.15) is 23.2 Å². The summed E-state index contributed by atoms with van der Waals surface area (Å²) in [5.74, 6) is -0.505. The molecule has 2 amide bonds. The zero-order valence-electron chi connectivity index (χ0n) is 9.00. The van der Waals surface area contributed by atoms with Crippen molar-refractivity contribution in [1.82, 2.24) is 5.32 Å². The van der Waals surface area contributed by atoms with Gasteiger partial charge in [-0.1, -0.05) is 0 Å². The van der Waals surface area contributed by atoms with E-state index < -0.39 is 0 Å². The number of carbonyl (C=O) groups excluding carboxylic acids is 2. The molecule has 4 nitrogen and oxygen atoms in total. The molecule has 0 aliphatic carbocycles. The zero-order chi connectivity index (χ0) is 12.8. The Morgan fingerprint density at radius 1 is 1.41 bits per heavy atom. The van der Waals surface area contributed by atoms with Crippen molar-refractivity contribution in [3.05, 3.63) is 31.8 Å². The normalized spacial score (nSPS) is 10.0. The summed E-state index contributed by atoms with van der Waals surface area (Å²) in [5.41, 5.74) is 5.60. The van der Waals surface area contributed by atoms with E-state index in [4.69, 9.17) is 5.73 Å². The third-order valence-corrected chi connectivity index (χ3v) is 3.42. The number of primary amides is 1. The predicted molar refractivity (Wildman–Crippen MR) is 77.6 cm³/mol. The van der Waals surface area contributed by atoms with Crippen LogP contribution in [0.15, 0.2) is 22.7 Å². The van der Waals surface area contributed by atoms with Crippen molar-refractivity contribution in [1.29, 1.82) is 0 Å². The van der Waals surface area contributed by atoms with Gasteiger partial charge < -0.3 is 11.1 Å². The number of hydrogen-bond donors (Lipinski definition) is 2. The monoisotopic (exact) mass is 410 g/mol. The lowest BCUT2D eigenvalue weighted by Gasteiger charge is -2.06. The van der Waals surface area contributed by atoms with Gasteiger partial charge in [-0.15, -0.1) is 0 Å². The minimum atomic E-state index is -0.352. The van der Waals surface area contributed by atoms with Crippen molar-refractivity contribution in [3.63, 3.8) is 0 Å². The second-order valence-corrected chi connectivity index (χ2v) is 5.55.